The van der Waals surface area contributed by atoms with Gasteiger partial charge in [-0.2, -0.15) is 0 Å². The molecule has 28 heavy (non-hydrogen) atoms. The fourth-order valence-corrected chi connectivity index (χ4v) is 6.42. The Labute approximate surface area is 173 Å². The van der Waals surface area contributed by atoms with Crippen LogP contribution in [0.2, 0.25) is 0 Å². The third-order valence-corrected chi connectivity index (χ3v) is 8.04. The first-order valence-electron chi connectivity index (χ1n) is 12.1. The SMILES string of the molecule is C/C=C/C1CCC2CC(C3CCc4cc(OCCCC)ccc4C3)CCC2C1. The third kappa shape index (κ3) is 4.66. The van der Waals surface area contributed by atoms with E-state index in [9.17, 15) is 0 Å². The van der Waals surface area contributed by atoms with Gasteiger partial charge < -0.3 is 4.74 Å². The van der Waals surface area contributed by atoms with Gasteiger partial charge in [-0.15, -0.1) is 0 Å². The Morgan fingerprint density at radius 1 is 0.929 bits per heavy atom. The molecule has 3 aliphatic rings. The average Bonchev–Trinajstić information content (AvgIpc) is 2.73. The molecule has 0 radical (unpaired) electrons. The Morgan fingerprint density at radius 3 is 2.54 bits per heavy atom. The zero-order chi connectivity index (χ0) is 19.3. The Bertz CT molecular complexity index is 660. The predicted molar refractivity (Wildman–Crippen MR) is 119 cm³/mol. The summed E-state index contributed by atoms with van der Waals surface area (Å²) in [6, 6.07) is 6.92. The maximum atomic E-state index is 5.94. The molecule has 1 heteroatoms. The van der Waals surface area contributed by atoms with Crippen molar-refractivity contribution in [1.82, 2.24) is 0 Å². The van der Waals surface area contributed by atoms with Gasteiger partial charge in [-0.3, -0.25) is 0 Å². The number of hydrogen-bond donors (Lipinski definition) is 0. The van der Waals surface area contributed by atoms with Crippen molar-refractivity contribution in [2.75, 3.05) is 6.61 Å². The molecule has 1 nitrogen and oxygen atoms in total. The van der Waals surface area contributed by atoms with Crippen molar-refractivity contribution in [1.29, 1.82) is 0 Å². The number of aryl methyl sites for hydroxylation is 1. The van der Waals surface area contributed by atoms with Gasteiger partial charge in [-0.1, -0.05) is 31.6 Å². The molecule has 154 valence electrons. The van der Waals surface area contributed by atoms with Gasteiger partial charge in [0.25, 0.3) is 0 Å². The quantitative estimate of drug-likeness (QED) is 0.369. The molecule has 0 amide bonds. The highest BCUT2D eigenvalue weighted by molar-refractivity contribution is 5.37. The molecule has 0 spiro atoms. The van der Waals surface area contributed by atoms with Crippen LogP contribution < -0.4 is 4.74 Å². The van der Waals surface area contributed by atoms with Crippen LogP contribution in [0.25, 0.3) is 0 Å². The van der Waals surface area contributed by atoms with Crippen LogP contribution in [-0.2, 0) is 12.8 Å². The van der Waals surface area contributed by atoms with Crippen LogP contribution in [0, 0.1) is 29.6 Å². The van der Waals surface area contributed by atoms with E-state index in [0.717, 1.165) is 48.4 Å². The molecule has 5 atom stereocenters. The van der Waals surface area contributed by atoms with Crippen molar-refractivity contribution < 1.29 is 4.74 Å². The fraction of sp³-hybridized carbons (Fsp3) is 0.704. The van der Waals surface area contributed by atoms with Crippen LogP contribution in [0.1, 0.15) is 82.8 Å². The normalized spacial score (nSPS) is 32.7. The molecule has 0 saturated heterocycles. The van der Waals surface area contributed by atoms with Crippen molar-refractivity contribution in [2.45, 2.75) is 84.5 Å². The van der Waals surface area contributed by atoms with Gasteiger partial charge in [0, 0.05) is 0 Å². The van der Waals surface area contributed by atoms with E-state index in [1.807, 2.05) is 0 Å². The third-order valence-electron chi connectivity index (χ3n) is 8.04. The molecule has 0 N–H and O–H groups in total. The van der Waals surface area contributed by atoms with Gasteiger partial charge in [0.2, 0.25) is 0 Å². The minimum atomic E-state index is 0.859. The van der Waals surface area contributed by atoms with E-state index < -0.39 is 0 Å². The monoisotopic (exact) mass is 380 g/mol. The number of unbranched alkanes of at least 4 members (excludes halogenated alkanes) is 1. The number of rotatable bonds is 6. The molecule has 0 aromatic heterocycles. The first-order valence-corrected chi connectivity index (χ1v) is 12.1. The molecule has 3 aliphatic carbocycles. The number of benzene rings is 1. The van der Waals surface area contributed by atoms with Crippen LogP contribution in [-0.4, -0.2) is 6.61 Å². The van der Waals surface area contributed by atoms with Crippen molar-refractivity contribution in [2.24, 2.45) is 29.6 Å². The van der Waals surface area contributed by atoms with Gasteiger partial charge in [-0.25, -0.2) is 0 Å². The first-order chi connectivity index (χ1) is 13.8. The van der Waals surface area contributed by atoms with E-state index in [1.54, 1.807) is 11.1 Å². The van der Waals surface area contributed by atoms with Gasteiger partial charge in [0.05, 0.1) is 6.61 Å². The van der Waals surface area contributed by atoms with Crippen LogP contribution in [0.15, 0.2) is 30.4 Å². The Morgan fingerprint density at radius 2 is 1.71 bits per heavy atom. The molecule has 2 fully saturated rings. The van der Waals surface area contributed by atoms with Crippen molar-refractivity contribution in [3.8, 4) is 5.75 Å². The van der Waals surface area contributed by atoms with Gasteiger partial charge in [0.1, 0.15) is 5.75 Å². The second kappa shape index (κ2) is 9.51. The van der Waals surface area contributed by atoms with Crippen molar-refractivity contribution in [3.05, 3.63) is 41.5 Å². The lowest BCUT2D eigenvalue weighted by atomic mass is 9.61. The van der Waals surface area contributed by atoms with Crippen LogP contribution in [0.5, 0.6) is 5.75 Å². The molecule has 5 unspecified atom stereocenters. The Hall–Kier alpha value is -1.24. The molecular weight excluding hydrogens is 340 g/mol. The lowest BCUT2D eigenvalue weighted by molar-refractivity contribution is 0.0810. The standard InChI is InChI=1S/C27H40O/c1-3-5-15-28-27-14-13-25-18-24(11-12-26(25)19-27)23-10-9-21-16-20(6-4-2)7-8-22(21)17-23/h4,6,13-14,19-24H,3,5,7-12,15-18H2,1-2H3/b6-4+. The van der Waals surface area contributed by atoms with Crippen molar-refractivity contribution in [3.63, 3.8) is 0 Å². The predicted octanol–water partition coefficient (Wildman–Crippen LogP) is 7.38. The average molecular weight is 381 g/mol. The minimum absolute atomic E-state index is 0.859. The largest absolute Gasteiger partial charge is 0.494 e. The topological polar surface area (TPSA) is 9.23 Å². The van der Waals surface area contributed by atoms with E-state index in [4.69, 9.17) is 4.74 Å². The summed E-state index contributed by atoms with van der Waals surface area (Å²) in [7, 11) is 0. The molecule has 1 aromatic rings. The summed E-state index contributed by atoms with van der Waals surface area (Å²) >= 11 is 0. The zero-order valence-corrected chi connectivity index (χ0v) is 18.2. The van der Waals surface area contributed by atoms with Crippen LogP contribution in [0.4, 0.5) is 0 Å². The lowest BCUT2D eigenvalue weighted by Crippen LogP contribution is -2.34. The molecule has 4 rings (SSSR count). The maximum absolute atomic E-state index is 5.94. The van der Waals surface area contributed by atoms with Crippen LogP contribution in [0.3, 0.4) is 0 Å². The van der Waals surface area contributed by atoms with E-state index >= 15 is 0 Å². The molecule has 2 saturated carbocycles. The van der Waals surface area contributed by atoms with Crippen molar-refractivity contribution >= 4 is 0 Å². The van der Waals surface area contributed by atoms with E-state index in [0.29, 0.717) is 0 Å². The first kappa shape index (κ1) is 20.0. The van der Waals surface area contributed by atoms with Gasteiger partial charge in [-0.05, 0) is 124 Å². The molecule has 0 heterocycles. The summed E-state index contributed by atoms with van der Waals surface area (Å²) in [5, 5.41) is 0. The number of hydrogen-bond acceptors (Lipinski definition) is 1. The Balaban J connectivity index is 1.32. The van der Waals surface area contributed by atoms with Crippen LogP contribution >= 0.6 is 0 Å². The summed E-state index contributed by atoms with van der Waals surface area (Å²) in [6.45, 7) is 5.26. The summed E-state index contributed by atoms with van der Waals surface area (Å²) < 4.78 is 5.94. The highest BCUT2D eigenvalue weighted by atomic mass is 16.5. The molecule has 1 aromatic carbocycles. The number of fused-ring (bicyclic) bond motifs is 2. The number of ether oxygens (including phenoxy) is 1. The second-order valence-corrected chi connectivity index (χ2v) is 9.83. The highest BCUT2D eigenvalue weighted by Crippen LogP contribution is 2.48. The van der Waals surface area contributed by atoms with Gasteiger partial charge >= 0.3 is 0 Å². The highest BCUT2D eigenvalue weighted by Gasteiger charge is 2.38. The maximum Gasteiger partial charge on any atom is 0.119 e. The molecular formula is C27H40O. The summed E-state index contributed by atoms with van der Waals surface area (Å²) in [5.41, 5.74) is 3.17. The van der Waals surface area contributed by atoms with E-state index in [2.05, 4.69) is 44.2 Å². The smallest absolute Gasteiger partial charge is 0.119 e. The minimum Gasteiger partial charge on any atom is -0.494 e. The summed E-state index contributed by atoms with van der Waals surface area (Å²) in [6.07, 6.45) is 20.0. The fourth-order valence-electron chi connectivity index (χ4n) is 6.42. The summed E-state index contributed by atoms with van der Waals surface area (Å²) in [5.74, 6) is 5.91. The zero-order valence-electron chi connectivity index (χ0n) is 18.2. The molecule has 0 bridgehead atoms. The van der Waals surface area contributed by atoms with Gasteiger partial charge in [0.15, 0.2) is 0 Å². The Kier molecular flexibility index (Phi) is 6.81. The summed E-state index contributed by atoms with van der Waals surface area (Å²) in [4.78, 5) is 0. The molecule has 0 aliphatic heterocycles. The lowest BCUT2D eigenvalue weighted by Gasteiger charge is -2.44. The van der Waals surface area contributed by atoms with E-state index in [-0.39, 0.29) is 0 Å². The number of allylic oxidation sites excluding steroid dienone is 2. The second-order valence-electron chi connectivity index (χ2n) is 9.83. The van der Waals surface area contributed by atoms with E-state index in [1.165, 1.54) is 64.2 Å².